The maximum absolute atomic E-state index is 13.1. The van der Waals surface area contributed by atoms with E-state index in [2.05, 4.69) is 54.6 Å². The van der Waals surface area contributed by atoms with Gasteiger partial charge in [-0.2, -0.15) is 0 Å². The van der Waals surface area contributed by atoms with E-state index in [9.17, 15) is 4.79 Å². The average molecular weight is 516 g/mol. The summed E-state index contributed by atoms with van der Waals surface area (Å²) in [6.45, 7) is 7.17. The van der Waals surface area contributed by atoms with Crippen LogP contribution in [0.1, 0.15) is 35.3 Å². The van der Waals surface area contributed by atoms with Crippen LogP contribution in [-0.2, 0) is 6.54 Å². The molecule has 0 spiro atoms. The lowest BCUT2D eigenvalue weighted by molar-refractivity contribution is 0.102. The van der Waals surface area contributed by atoms with E-state index in [0.29, 0.717) is 17.6 Å². The van der Waals surface area contributed by atoms with Gasteiger partial charge in [-0.15, -0.1) is 0 Å². The molecule has 0 radical (unpaired) electrons. The number of amides is 1. The Morgan fingerprint density at radius 1 is 0.872 bits per heavy atom. The largest absolute Gasteiger partial charge is 0.324 e. The van der Waals surface area contributed by atoms with E-state index < -0.39 is 0 Å². The Balaban J connectivity index is 1.33. The van der Waals surface area contributed by atoms with E-state index in [1.54, 1.807) is 0 Å². The summed E-state index contributed by atoms with van der Waals surface area (Å²) in [6.07, 6.45) is 0. The quantitative estimate of drug-likeness (QED) is 0.225. The van der Waals surface area contributed by atoms with Crippen LogP contribution in [0.5, 0.6) is 0 Å². The smallest absolute Gasteiger partial charge is 0.255 e. The normalized spacial score (nSPS) is 11.2. The van der Waals surface area contributed by atoms with Crippen LogP contribution >= 0.6 is 0 Å². The number of carbonyl (C=O) groups excluding carboxylic acids is 1. The fourth-order valence-electron chi connectivity index (χ4n) is 4.35. The first-order chi connectivity index (χ1) is 18.9. The summed E-state index contributed by atoms with van der Waals surface area (Å²) in [6, 6.07) is 32.1. The summed E-state index contributed by atoms with van der Waals surface area (Å²) in [5.41, 5.74) is 7.16. The SMILES string of the molecule is Cc1ccc(CN(C)C(C)C)cc1NC(=O)c1ccc(Nc2nc(-c3ccccc3)c3ccccc3n2)cc1. The number of hydrogen-bond donors (Lipinski definition) is 2. The molecule has 0 aliphatic rings. The second kappa shape index (κ2) is 11.5. The minimum atomic E-state index is -0.146. The van der Waals surface area contributed by atoms with Crippen molar-refractivity contribution in [2.75, 3.05) is 17.7 Å². The topological polar surface area (TPSA) is 70.2 Å². The molecule has 1 heterocycles. The Hall–Kier alpha value is -4.55. The highest BCUT2D eigenvalue weighted by molar-refractivity contribution is 6.05. The van der Waals surface area contributed by atoms with E-state index in [1.807, 2.05) is 85.8 Å². The fourth-order valence-corrected chi connectivity index (χ4v) is 4.35. The van der Waals surface area contributed by atoms with Gasteiger partial charge in [0, 0.05) is 40.5 Å². The summed E-state index contributed by atoms with van der Waals surface area (Å²) >= 11 is 0. The third kappa shape index (κ3) is 6.13. The number of nitrogens with one attached hydrogen (secondary N) is 2. The first-order valence-electron chi connectivity index (χ1n) is 13.2. The second-order valence-corrected chi connectivity index (χ2v) is 10.1. The predicted octanol–water partition coefficient (Wildman–Crippen LogP) is 7.44. The lowest BCUT2D eigenvalue weighted by atomic mass is 10.1. The van der Waals surface area contributed by atoms with Gasteiger partial charge in [0.1, 0.15) is 0 Å². The van der Waals surface area contributed by atoms with Crippen LogP contribution in [0, 0.1) is 6.92 Å². The Morgan fingerprint density at radius 2 is 1.59 bits per heavy atom. The molecule has 0 saturated carbocycles. The number of benzene rings is 4. The molecule has 39 heavy (non-hydrogen) atoms. The number of para-hydroxylation sites is 1. The molecule has 1 aromatic heterocycles. The number of anilines is 3. The molecule has 5 aromatic rings. The molecule has 196 valence electrons. The van der Waals surface area contributed by atoms with Crippen LogP contribution in [0.15, 0.2) is 97.1 Å². The highest BCUT2D eigenvalue weighted by atomic mass is 16.1. The third-order valence-corrected chi connectivity index (χ3v) is 6.92. The lowest BCUT2D eigenvalue weighted by Gasteiger charge is -2.21. The predicted molar refractivity (Wildman–Crippen MR) is 160 cm³/mol. The molecule has 5 rings (SSSR count). The van der Waals surface area contributed by atoms with Crippen molar-refractivity contribution in [3.8, 4) is 11.3 Å². The van der Waals surface area contributed by atoms with Gasteiger partial charge in [-0.3, -0.25) is 9.69 Å². The molecule has 0 fully saturated rings. The van der Waals surface area contributed by atoms with Gasteiger partial charge < -0.3 is 10.6 Å². The zero-order valence-electron chi connectivity index (χ0n) is 22.8. The molecule has 0 atom stereocenters. The van der Waals surface area contributed by atoms with Gasteiger partial charge in [0.15, 0.2) is 0 Å². The van der Waals surface area contributed by atoms with Crippen molar-refractivity contribution in [2.45, 2.75) is 33.4 Å². The summed E-state index contributed by atoms with van der Waals surface area (Å²) in [7, 11) is 2.10. The van der Waals surface area contributed by atoms with E-state index in [4.69, 9.17) is 9.97 Å². The van der Waals surface area contributed by atoms with Crippen molar-refractivity contribution >= 4 is 34.1 Å². The number of aromatic nitrogens is 2. The monoisotopic (exact) mass is 515 g/mol. The molecule has 6 heteroatoms. The van der Waals surface area contributed by atoms with Crippen LogP contribution in [0.4, 0.5) is 17.3 Å². The van der Waals surface area contributed by atoms with Crippen molar-refractivity contribution in [1.29, 1.82) is 0 Å². The van der Waals surface area contributed by atoms with E-state index in [-0.39, 0.29) is 5.91 Å². The van der Waals surface area contributed by atoms with E-state index >= 15 is 0 Å². The van der Waals surface area contributed by atoms with Crippen molar-refractivity contribution in [1.82, 2.24) is 14.9 Å². The maximum Gasteiger partial charge on any atom is 0.255 e. The molecule has 1 amide bonds. The Labute approximate surface area is 229 Å². The minimum Gasteiger partial charge on any atom is -0.324 e. The standard InChI is InChI=1S/C33H33N5O/c1-22(2)38(4)21-24-15-14-23(3)30(20-24)35-32(39)26-16-18-27(19-17-26)34-33-36-29-13-9-8-12-28(29)31(37-33)25-10-6-5-7-11-25/h5-20,22H,21H2,1-4H3,(H,35,39)(H,34,36,37). The number of hydrogen-bond acceptors (Lipinski definition) is 5. The molecule has 0 saturated heterocycles. The van der Waals surface area contributed by atoms with Gasteiger partial charge >= 0.3 is 0 Å². The Morgan fingerprint density at radius 3 is 2.33 bits per heavy atom. The fraction of sp³-hybridized carbons (Fsp3) is 0.182. The first kappa shape index (κ1) is 26.1. The second-order valence-electron chi connectivity index (χ2n) is 10.1. The first-order valence-corrected chi connectivity index (χ1v) is 13.2. The number of fused-ring (bicyclic) bond motifs is 1. The molecule has 4 aromatic carbocycles. The highest BCUT2D eigenvalue weighted by Gasteiger charge is 2.12. The highest BCUT2D eigenvalue weighted by Crippen LogP contribution is 2.28. The van der Waals surface area contributed by atoms with Crippen LogP contribution in [0.2, 0.25) is 0 Å². The molecule has 0 unspecified atom stereocenters. The molecule has 0 aliphatic carbocycles. The van der Waals surface area contributed by atoms with Gasteiger partial charge in [-0.05, 0) is 75.3 Å². The van der Waals surface area contributed by atoms with Gasteiger partial charge in [0.2, 0.25) is 5.95 Å². The van der Waals surface area contributed by atoms with Crippen molar-refractivity contribution in [3.05, 3.63) is 114 Å². The van der Waals surface area contributed by atoms with Gasteiger partial charge in [0.05, 0.1) is 11.2 Å². The maximum atomic E-state index is 13.1. The van der Waals surface area contributed by atoms with Crippen molar-refractivity contribution < 1.29 is 4.79 Å². The molecule has 0 aliphatic heterocycles. The van der Waals surface area contributed by atoms with Crippen LogP contribution in [0.25, 0.3) is 22.2 Å². The summed E-state index contributed by atoms with van der Waals surface area (Å²) < 4.78 is 0. The van der Waals surface area contributed by atoms with Crippen LogP contribution in [-0.4, -0.2) is 33.9 Å². The minimum absolute atomic E-state index is 0.146. The summed E-state index contributed by atoms with van der Waals surface area (Å²) in [5.74, 6) is 0.357. The number of aryl methyl sites for hydroxylation is 1. The Bertz CT molecular complexity index is 1600. The number of carbonyl (C=O) groups is 1. The van der Waals surface area contributed by atoms with Crippen molar-refractivity contribution in [3.63, 3.8) is 0 Å². The van der Waals surface area contributed by atoms with Crippen LogP contribution in [0.3, 0.4) is 0 Å². The van der Waals surface area contributed by atoms with Gasteiger partial charge in [-0.25, -0.2) is 9.97 Å². The zero-order valence-corrected chi connectivity index (χ0v) is 22.8. The molecule has 0 bridgehead atoms. The third-order valence-electron chi connectivity index (χ3n) is 6.92. The summed E-state index contributed by atoms with van der Waals surface area (Å²) in [5, 5.41) is 7.39. The van der Waals surface area contributed by atoms with Crippen LogP contribution < -0.4 is 10.6 Å². The number of nitrogens with zero attached hydrogens (tertiary/aromatic N) is 3. The molecular weight excluding hydrogens is 482 g/mol. The van der Waals surface area contributed by atoms with E-state index in [0.717, 1.165) is 51.2 Å². The molecule has 2 N–H and O–H groups in total. The average Bonchev–Trinajstić information content (AvgIpc) is 2.95. The molecular formula is C33H33N5O. The lowest BCUT2D eigenvalue weighted by Crippen LogP contribution is -2.25. The van der Waals surface area contributed by atoms with E-state index in [1.165, 1.54) is 0 Å². The Kier molecular flexibility index (Phi) is 7.66. The zero-order chi connectivity index (χ0) is 27.4. The van der Waals surface area contributed by atoms with Gasteiger partial charge in [-0.1, -0.05) is 60.7 Å². The molecule has 6 nitrogen and oxygen atoms in total. The van der Waals surface area contributed by atoms with Gasteiger partial charge in [0.25, 0.3) is 5.91 Å². The summed E-state index contributed by atoms with van der Waals surface area (Å²) in [4.78, 5) is 24.9. The number of rotatable bonds is 8. The van der Waals surface area contributed by atoms with Crippen molar-refractivity contribution in [2.24, 2.45) is 0 Å².